The molecule has 5 heteroatoms. The van der Waals surface area contributed by atoms with Gasteiger partial charge in [0.25, 0.3) is 0 Å². The molecule has 4 aliphatic carbocycles. The molecule has 2 aromatic rings. The fraction of sp³-hybridized carbons (Fsp3) is 0.545. The largest absolute Gasteiger partial charge is 0.337 e. The van der Waals surface area contributed by atoms with Crippen molar-refractivity contribution in [2.24, 2.45) is 23.2 Å². The SMILES string of the molecule is O=C(NCC12CC3CC(CC(C3)C1)C2)Nc1ccn(Cc2ccccc2)n1. The first-order valence-corrected chi connectivity index (χ1v) is 10.3. The van der Waals surface area contributed by atoms with E-state index < -0.39 is 0 Å². The van der Waals surface area contributed by atoms with E-state index in [-0.39, 0.29) is 6.03 Å². The molecule has 0 spiro atoms. The second-order valence-corrected chi connectivity index (χ2v) is 9.11. The first kappa shape index (κ1) is 16.8. The Bertz CT molecular complexity index is 777. The second-order valence-electron chi connectivity index (χ2n) is 9.11. The van der Waals surface area contributed by atoms with Crippen molar-refractivity contribution in [3.63, 3.8) is 0 Å². The van der Waals surface area contributed by atoms with Gasteiger partial charge in [0.15, 0.2) is 5.82 Å². The molecule has 4 aliphatic rings. The number of carbonyl (C=O) groups excluding carboxylic acids is 1. The maximum Gasteiger partial charge on any atom is 0.320 e. The molecule has 6 rings (SSSR count). The van der Waals surface area contributed by atoms with E-state index in [1.165, 1.54) is 44.1 Å². The highest BCUT2D eigenvalue weighted by molar-refractivity contribution is 5.88. The average molecular weight is 364 g/mol. The molecular weight excluding hydrogens is 336 g/mol. The molecular formula is C22H28N4O. The number of rotatable bonds is 5. The van der Waals surface area contributed by atoms with Gasteiger partial charge in [0.2, 0.25) is 0 Å². The zero-order valence-electron chi connectivity index (χ0n) is 15.7. The minimum absolute atomic E-state index is 0.129. The van der Waals surface area contributed by atoms with E-state index >= 15 is 0 Å². The summed E-state index contributed by atoms with van der Waals surface area (Å²) in [5.41, 5.74) is 1.55. The summed E-state index contributed by atoms with van der Waals surface area (Å²) in [5.74, 6) is 3.34. The Balaban J connectivity index is 1.15. The van der Waals surface area contributed by atoms with Crippen molar-refractivity contribution in [1.29, 1.82) is 0 Å². The normalized spacial score (nSPS) is 31.0. The zero-order valence-corrected chi connectivity index (χ0v) is 15.7. The van der Waals surface area contributed by atoms with Crippen molar-refractivity contribution >= 4 is 11.8 Å². The van der Waals surface area contributed by atoms with E-state index in [0.717, 1.165) is 24.3 Å². The van der Waals surface area contributed by atoms with Gasteiger partial charge in [-0.05, 0) is 67.3 Å². The fourth-order valence-corrected chi connectivity index (χ4v) is 6.22. The Morgan fingerprint density at radius 3 is 2.37 bits per heavy atom. The minimum Gasteiger partial charge on any atom is -0.337 e. The summed E-state index contributed by atoms with van der Waals surface area (Å²) in [6.45, 7) is 1.52. The van der Waals surface area contributed by atoms with Gasteiger partial charge >= 0.3 is 6.03 Å². The smallest absolute Gasteiger partial charge is 0.320 e. The number of anilines is 1. The molecule has 0 atom stereocenters. The van der Waals surface area contributed by atoms with Gasteiger partial charge in [-0.15, -0.1) is 0 Å². The number of hydrogen-bond donors (Lipinski definition) is 2. The summed E-state index contributed by atoms with van der Waals surface area (Å²) in [5, 5.41) is 10.5. The van der Waals surface area contributed by atoms with Crippen molar-refractivity contribution in [1.82, 2.24) is 15.1 Å². The Kier molecular flexibility index (Phi) is 4.18. The van der Waals surface area contributed by atoms with Gasteiger partial charge in [0, 0.05) is 18.8 Å². The maximum absolute atomic E-state index is 12.4. The van der Waals surface area contributed by atoms with Crippen molar-refractivity contribution in [2.45, 2.75) is 45.1 Å². The number of urea groups is 1. The first-order valence-electron chi connectivity index (χ1n) is 10.3. The van der Waals surface area contributed by atoms with Crippen LogP contribution in [-0.2, 0) is 6.54 Å². The quantitative estimate of drug-likeness (QED) is 0.832. The van der Waals surface area contributed by atoms with Gasteiger partial charge in [-0.2, -0.15) is 5.10 Å². The zero-order chi connectivity index (χ0) is 18.3. The third kappa shape index (κ3) is 3.60. The highest BCUT2D eigenvalue weighted by atomic mass is 16.2. The summed E-state index contributed by atoms with van der Waals surface area (Å²) in [7, 11) is 0. The predicted octanol–water partition coefficient (Wildman–Crippen LogP) is 4.27. The van der Waals surface area contributed by atoms with Gasteiger partial charge < -0.3 is 5.32 Å². The van der Waals surface area contributed by atoms with Crippen LogP contribution in [0.1, 0.15) is 44.1 Å². The first-order chi connectivity index (χ1) is 13.2. The van der Waals surface area contributed by atoms with E-state index in [4.69, 9.17) is 0 Å². The molecule has 4 saturated carbocycles. The van der Waals surface area contributed by atoms with Crippen LogP contribution in [0.15, 0.2) is 42.6 Å². The average Bonchev–Trinajstić information content (AvgIpc) is 3.07. The molecule has 27 heavy (non-hydrogen) atoms. The molecule has 5 nitrogen and oxygen atoms in total. The molecule has 1 aromatic heterocycles. The van der Waals surface area contributed by atoms with Crippen LogP contribution in [0.25, 0.3) is 0 Å². The molecule has 0 aliphatic heterocycles. The van der Waals surface area contributed by atoms with Gasteiger partial charge in [-0.1, -0.05) is 30.3 Å². The summed E-state index contributed by atoms with van der Waals surface area (Å²) >= 11 is 0. The predicted molar refractivity (Wildman–Crippen MR) is 105 cm³/mol. The number of benzene rings is 1. The van der Waals surface area contributed by atoms with Gasteiger partial charge in [-0.25, -0.2) is 4.79 Å². The topological polar surface area (TPSA) is 59.0 Å². The molecule has 0 radical (unpaired) electrons. The van der Waals surface area contributed by atoms with Gasteiger partial charge in [0.05, 0.1) is 6.54 Å². The van der Waals surface area contributed by atoms with E-state index in [9.17, 15) is 4.79 Å². The van der Waals surface area contributed by atoms with Crippen molar-refractivity contribution in [2.75, 3.05) is 11.9 Å². The molecule has 4 fully saturated rings. The van der Waals surface area contributed by atoms with E-state index in [2.05, 4.69) is 27.9 Å². The summed E-state index contributed by atoms with van der Waals surface area (Å²) in [4.78, 5) is 12.4. The Morgan fingerprint density at radius 2 is 1.70 bits per heavy atom. The van der Waals surface area contributed by atoms with Gasteiger partial charge in [-0.3, -0.25) is 10.00 Å². The van der Waals surface area contributed by atoms with Crippen LogP contribution in [0.4, 0.5) is 10.6 Å². The molecule has 2 amide bonds. The van der Waals surface area contributed by atoms with Crippen molar-refractivity contribution < 1.29 is 4.79 Å². The second kappa shape index (κ2) is 6.70. The number of carbonyl (C=O) groups is 1. The Hall–Kier alpha value is -2.30. The Labute approximate surface area is 160 Å². The van der Waals surface area contributed by atoms with E-state index in [1.807, 2.05) is 35.1 Å². The maximum atomic E-state index is 12.4. The lowest BCUT2D eigenvalue weighted by Crippen LogP contribution is -2.51. The number of nitrogens with zero attached hydrogens (tertiary/aromatic N) is 2. The fourth-order valence-electron chi connectivity index (χ4n) is 6.22. The highest BCUT2D eigenvalue weighted by Crippen LogP contribution is 2.59. The Morgan fingerprint density at radius 1 is 1.04 bits per heavy atom. The molecule has 142 valence electrons. The number of nitrogens with one attached hydrogen (secondary N) is 2. The van der Waals surface area contributed by atoms with Gasteiger partial charge in [0.1, 0.15) is 0 Å². The molecule has 0 saturated heterocycles. The highest BCUT2D eigenvalue weighted by Gasteiger charge is 2.50. The molecule has 1 aromatic carbocycles. The van der Waals surface area contributed by atoms with E-state index in [0.29, 0.717) is 17.8 Å². The summed E-state index contributed by atoms with van der Waals surface area (Å²) in [6.07, 6.45) is 10.1. The molecule has 2 N–H and O–H groups in total. The third-order valence-corrected chi connectivity index (χ3v) is 6.86. The van der Waals surface area contributed by atoms with Crippen LogP contribution >= 0.6 is 0 Å². The molecule has 0 unspecified atom stereocenters. The minimum atomic E-state index is -0.129. The third-order valence-electron chi connectivity index (χ3n) is 6.86. The van der Waals surface area contributed by atoms with Crippen LogP contribution in [0.3, 0.4) is 0 Å². The number of aromatic nitrogens is 2. The van der Waals surface area contributed by atoms with Crippen molar-refractivity contribution in [3.05, 3.63) is 48.2 Å². The van der Waals surface area contributed by atoms with Crippen LogP contribution in [0.2, 0.25) is 0 Å². The lowest BCUT2D eigenvalue weighted by molar-refractivity contribution is -0.0496. The molecule has 1 heterocycles. The summed E-state index contributed by atoms with van der Waals surface area (Å²) in [6, 6.07) is 11.9. The number of amides is 2. The number of hydrogen-bond acceptors (Lipinski definition) is 2. The van der Waals surface area contributed by atoms with Crippen LogP contribution < -0.4 is 10.6 Å². The van der Waals surface area contributed by atoms with Crippen LogP contribution in [-0.4, -0.2) is 22.4 Å². The van der Waals surface area contributed by atoms with Crippen molar-refractivity contribution in [3.8, 4) is 0 Å². The standard InChI is InChI=1S/C22H28N4O/c27-21(23-15-22-11-17-8-18(12-22)10-19(9-17)13-22)24-20-6-7-26(25-20)14-16-4-2-1-3-5-16/h1-7,17-19H,8-15H2,(H2,23,24,25,27). The van der Waals surface area contributed by atoms with Crippen LogP contribution in [0, 0.1) is 23.2 Å². The summed E-state index contributed by atoms with van der Waals surface area (Å²) < 4.78 is 1.85. The monoisotopic (exact) mass is 364 g/mol. The lowest BCUT2D eigenvalue weighted by atomic mass is 9.49. The molecule has 4 bridgehead atoms. The lowest BCUT2D eigenvalue weighted by Gasteiger charge is -2.56. The van der Waals surface area contributed by atoms with Crippen LogP contribution in [0.5, 0.6) is 0 Å². The van der Waals surface area contributed by atoms with E-state index in [1.54, 1.807) is 0 Å².